The summed E-state index contributed by atoms with van der Waals surface area (Å²) < 4.78 is 59.8. The number of nitrogens with zero attached hydrogens (tertiary/aromatic N) is 4. The maximum absolute atomic E-state index is 14.4. The lowest BCUT2D eigenvalue weighted by Crippen LogP contribution is -2.40. The minimum Gasteiger partial charge on any atom is -0.388 e. The molecule has 1 saturated carbocycles. The van der Waals surface area contributed by atoms with Gasteiger partial charge in [0.2, 0.25) is 0 Å². The largest absolute Gasteiger partial charge is 0.388 e. The monoisotopic (exact) mass is 631 g/mol. The first kappa shape index (κ1) is 30.8. The molecule has 2 N–H and O–H groups in total. The van der Waals surface area contributed by atoms with Crippen LogP contribution in [0.25, 0.3) is 5.69 Å². The summed E-state index contributed by atoms with van der Waals surface area (Å²) in [6, 6.07) is 9.25. The van der Waals surface area contributed by atoms with E-state index in [1.807, 2.05) is 13.8 Å². The first-order chi connectivity index (χ1) is 20.4. The van der Waals surface area contributed by atoms with Crippen LogP contribution in [-0.4, -0.2) is 49.8 Å². The summed E-state index contributed by atoms with van der Waals surface area (Å²) in [6.45, 7) is 3.96. The molecule has 43 heavy (non-hydrogen) atoms. The van der Waals surface area contributed by atoms with Crippen LogP contribution in [-0.2, 0) is 16.4 Å². The summed E-state index contributed by atoms with van der Waals surface area (Å²) >= 11 is 6.42. The maximum atomic E-state index is 14.4. The van der Waals surface area contributed by atoms with Crippen LogP contribution in [0.2, 0.25) is 5.02 Å². The number of benzene rings is 2. The Bertz CT molecular complexity index is 1720. The highest BCUT2D eigenvalue weighted by molar-refractivity contribution is 7.92. The number of amides is 1. The number of aromatic nitrogens is 4. The Morgan fingerprint density at radius 3 is 2.56 bits per heavy atom. The van der Waals surface area contributed by atoms with Gasteiger partial charge in [-0.05, 0) is 73.9 Å². The number of sulfone groups is 1. The van der Waals surface area contributed by atoms with Gasteiger partial charge in [0, 0.05) is 42.1 Å². The van der Waals surface area contributed by atoms with Crippen LogP contribution in [0.15, 0.2) is 72.1 Å². The van der Waals surface area contributed by atoms with E-state index in [0.29, 0.717) is 19.3 Å². The Hall–Kier alpha value is -3.61. The second-order valence-corrected chi connectivity index (χ2v) is 13.6. The summed E-state index contributed by atoms with van der Waals surface area (Å²) in [5, 5.41) is 21.2. The van der Waals surface area contributed by atoms with Crippen LogP contribution in [0, 0.1) is 23.5 Å². The highest BCUT2D eigenvalue weighted by atomic mass is 35.5. The Balaban J connectivity index is 1.41. The van der Waals surface area contributed by atoms with Gasteiger partial charge < -0.3 is 10.4 Å². The molecule has 2 aromatic heterocycles. The Kier molecular flexibility index (Phi) is 8.73. The molecule has 1 fully saturated rings. The van der Waals surface area contributed by atoms with E-state index in [4.69, 9.17) is 11.6 Å². The quantitative estimate of drug-likeness (QED) is 0.233. The number of halogens is 3. The molecule has 4 aromatic rings. The minimum atomic E-state index is -4.05. The van der Waals surface area contributed by atoms with Gasteiger partial charge in [0.25, 0.3) is 5.91 Å². The standard InChI is InChI=1S/C30H32ClF2N5O4S/c1-3-30(40,18-37-12-4-10-34-37)17-21-7-6-19(2)28(21)43(41,42)26-14-20(8-9-23(26)31)29(39)36-22-15-24(32)27(33)25(16-22)38-13-5-11-35-38/h4-5,8-16,19,21,28,40H,3,6-7,17-18H2,1-2H3,(H,36,39)/t19?,21-,28?,30-/m0/s1. The van der Waals surface area contributed by atoms with Gasteiger partial charge in [-0.2, -0.15) is 10.2 Å². The van der Waals surface area contributed by atoms with E-state index in [9.17, 15) is 27.1 Å². The van der Waals surface area contributed by atoms with Crippen LogP contribution in [0.5, 0.6) is 0 Å². The molecule has 1 amide bonds. The third kappa shape index (κ3) is 6.36. The molecule has 0 saturated heterocycles. The van der Waals surface area contributed by atoms with Crippen molar-refractivity contribution in [3.63, 3.8) is 0 Å². The third-order valence-electron chi connectivity index (χ3n) is 8.21. The minimum absolute atomic E-state index is 0.0284. The van der Waals surface area contributed by atoms with Crippen molar-refractivity contribution in [3.05, 3.63) is 89.5 Å². The number of hydrogen-bond donors (Lipinski definition) is 2. The average Bonchev–Trinajstić information content (AvgIpc) is 3.74. The van der Waals surface area contributed by atoms with Gasteiger partial charge in [-0.1, -0.05) is 25.4 Å². The van der Waals surface area contributed by atoms with Crippen molar-refractivity contribution in [1.29, 1.82) is 0 Å². The van der Waals surface area contributed by atoms with E-state index < -0.39 is 38.2 Å². The summed E-state index contributed by atoms with van der Waals surface area (Å²) in [5.74, 6) is -3.62. The smallest absolute Gasteiger partial charge is 0.255 e. The molecule has 4 atom stereocenters. The molecule has 0 spiro atoms. The number of nitrogens with one attached hydrogen (secondary N) is 1. The van der Waals surface area contributed by atoms with Gasteiger partial charge in [-0.25, -0.2) is 21.9 Å². The van der Waals surface area contributed by atoms with E-state index >= 15 is 0 Å². The fraction of sp³-hybridized carbons (Fsp3) is 0.367. The van der Waals surface area contributed by atoms with Gasteiger partial charge in [-0.3, -0.25) is 9.48 Å². The molecule has 0 bridgehead atoms. The molecule has 1 aliphatic rings. The SMILES string of the molecule is CC[C@](O)(C[C@@H]1CCC(C)C1S(=O)(=O)c1cc(C(=O)Nc2cc(F)c(F)c(-n3cccn3)c2)ccc1Cl)Cn1cccn1. The van der Waals surface area contributed by atoms with E-state index in [1.54, 1.807) is 23.1 Å². The Morgan fingerprint density at radius 2 is 1.88 bits per heavy atom. The maximum Gasteiger partial charge on any atom is 0.255 e. The number of anilines is 1. The molecule has 5 rings (SSSR count). The number of rotatable bonds is 10. The van der Waals surface area contributed by atoms with E-state index in [0.717, 1.165) is 10.7 Å². The molecule has 9 nitrogen and oxygen atoms in total. The van der Waals surface area contributed by atoms with Gasteiger partial charge in [0.15, 0.2) is 21.5 Å². The van der Waals surface area contributed by atoms with E-state index in [-0.39, 0.29) is 51.7 Å². The van der Waals surface area contributed by atoms with Crippen LogP contribution < -0.4 is 5.32 Å². The zero-order valence-electron chi connectivity index (χ0n) is 23.6. The summed E-state index contributed by atoms with van der Waals surface area (Å²) in [7, 11) is -4.05. The summed E-state index contributed by atoms with van der Waals surface area (Å²) in [5.41, 5.74) is -1.45. The summed E-state index contributed by atoms with van der Waals surface area (Å²) in [6.07, 6.45) is 8.13. The third-order valence-corrected chi connectivity index (χ3v) is 11.2. The molecule has 2 heterocycles. The Labute approximate surface area is 253 Å². The zero-order valence-corrected chi connectivity index (χ0v) is 25.2. The van der Waals surface area contributed by atoms with Crippen molar-refractivity contribution in [1.82, 2.24) is 19.6 Å². The van der Waals surface area contributed by atoms with Crippen LogP contribution in [0.3, 0.4) is 0 Å². The lowest BCUT2D eigenvalue weighted by Gasteiger charge is -2.33. The predicted octanol–water partition coefficient (Wildman–Crippen LogP) is 5.67. The van der Waals surface area contributed by atoms with Crippen molar-refractivity contribution in [2.24, 2.45) is 11.8 Å². The van der Waals surface area contributed by atoms with Crippen LogP contribution in [0.1, 0.15) is 49.9 Å². The van der Waals surface area contributed by atoms with Gasteiger partial charge >= 0.3 is 0 Å². The normalized spacial score (nSPS) is 20.2. The predicted molar refractivity (Wildman–Crippen MR) is 158 cm³/mol. The van der Waals surface area contributed by atoms with E-state index in [1.165, 1.54) is 42.7 Å². The van der Waals surface area contributed by atoms with Crippen molar-refractivity contribution in [2.75, 3.05) is 5.32 Å². The summed E-state index contributed by atoms with van der Waals surface area (Å²) in [4.78, 5) is 13.0. The van der Waals surface area contributed by atoms with Gasteiger partial charge in [-0.15, -0.1) is 0 Å². The Morgan fingerprint density at radius 1 is 1.14 bits per heavy atom. The molecule has 2 unspecified atom stereocenters. The fourth-order valence-electron chi connectivity index (χ4n) is 5.99. The van der Waals surface area contributed by atoms with Crippen molar-refractivity contribution < 1.29 is 27.1 Å². The number of carbonyl (C=O) groups is 1. The molecule has 2 aromatic carbocycles. The first-order valence-corrected chi connectivity index (χ1v) is 15.9. The van der Waals surface area contributed by atoms with Crippen LogP contribution >= 0.6 is 11.6 Å². The molecule has 228 valence electrons. The number of carbonyl (C=O) groups excluding carboxylic acids is 1. The average molecular weight is 632 g/mol. The number of aliphatic hydroxyl groups is 1. The van der Waals surface area contributed by atoms with E-state index in [2.05, 4.69) is 15.5 Å². The molecule has 1 aliphatic carbocycles. The second kappa shape index (κ2) is 12.2. The molecular formula is C30H32ClF2N5O4S. The highest BCUT2D eigenvalue weighted by Gasteiger charge is 2.46. The van der Waals surface area contributed by atoms with Crippen molar-refractivity contribution in [3.8, 4) is 5.69 Å². The van der Waals surface area contributed by atoms with Crippen molar-refractivity contribution >= 4 is 33.0 Å². The highest BCUT2D eigenvalue weighted by Crippen LogP contribution is 2.44. The van der Waals surface area contributed by atoms with Crippen molar-refractivity contribution in [2.45, 2.75) is 61.8 Å². The molecule has 13 heteroatoms. The molecular weight excluding hydrogens is 600 g/mol. The lowest BCUT2D eigenvalue weighted by atomic mass is 9.86. The lowest BCUT2D eigenvalue weighted by molar-refractivity contribution is -0.00660. The first-order valence-electron chi connectivity index (χ1n) is 14.0. The number of hydrogen-bond acceptors (Lipinski definition) is 6. The zero-order chi connectivity index (χ0) is 30.9. The van der Waals surface area contributed by atoms with Crippen LogP contribution in [0.4, 0.5) is 14.5 Å². The molecule has 0 aliphatic heterocycles. The molecule has 0 radical (unpaired) electrons. The fourth-order valence-corrected chi connectivity index (χ4v) is 8.84. The topological polar surface area (TPSA) is 119 Å². The second-order valence-electron chi connectivity index (χ2n) is 11.2. The van der Waals surface area contributed by atoms with Gasteiger partial charge in [0.05, 0.1) is 27.3 Å². The van der Waals surface area contributed by atoms with Gasteiger partial charge in [0.1, 0.15) is 5.69 Å².